The molecule has 3 rings (SSSR count). The molecule has 0 spiro atoms. The van der Waals surface area contributed by atoms with Gasteiger partial charge in [-0.15, -0.1) is 0 Å². The highest BCUT2D eigenvalue weighted by molar-refractivity contribution is 5.92. The Morgan fingerprint density at radius 3 is 2.95 bits per heavy atom. The van der Waals surface area contributed by atoms with Gasteiger partial charge in [0.25, 0.3) is 0 Å². The van der Waals surface area contributed by atoms with Gasteiger partial charge >= 0.3 is 0 Å². The first-order chi connectivity index (χ1) is 10.3. The van der Waals surface area contributed by atoms with E-state index < -0.39 is 0 Å². The Morgan fingerprint density at radius 1 is 1.24 bits per heavy atom. The Kier molecular flexibility index (Phi) is 3.66. The summed E-state index contributed by atoms with van der Waals surface area (Å²) in [5.41, 5.74) is 3.72. The molecule has 0 radical (unpaired) electrons. The zero-order valence-corrected chi connectivity index (χ0v) is 11.6. The van der Waals surface area contributed by atoms with Crippen LogP contribution in [0.15, 0.2) is 54.7 Å². The number of aromatic nitrogens is 2. The maximum Gasteiger partial charge on any atom is 0.250 e. The molecule has 0 atom stereocenters. The van der Waals surface area contributed by atoms with Crippen LogP contribution in [0, 0.1) is 0 Å². The number of hydrogen-bond donors (Lipinski definition) is 1. The van der Waals surface area contributed by atoms with Gasteiger partial charge in [0.1, 0.15) is 6.61 Å². The van der Waals surface area contributed by atoms with E-state index in [1.54, 1.807) is 6.20 Å². The molecule has 2 aromatic heterocycles. The fourth-order valence-corrected chi connectivity index (χ4v) is 2.25. The fraction of sp³-hybridized carbons (Fsp3) is 0.125. The molecule has 1 N–H and O–H groups in total. The van der Waals surface area contributed by atoms with Crippen molar-refractivity contribution in [3.8, 4) is 11.3 Å². The zero-order chi connectivity index (χ0) is 14.7. The number of amides is 1. The Bertz CT molecular complexity index is 780. The number of methoxy groups -OCH3 is 1. The first-order valence-electron chi connectivity index (χ1n) is 6.60. The number of nitrogens with zero attached hydrogens (tertiary/aromatic N) is 2. The van der Waals surface area contributed by atoms with E-state index in [0.29, 0.717) is 0 Å². The summed E-state index contributed by atoms with van der Waals surface area (Å²) in [5.74, 6) is -0.174. The summed E-state index contributed by atoms with van der Waals surface area (Å²) < 4.78 is 6.68. The molecular weight excluding hydrogens is 266 g/mol. The smallest absolute Gasteiger partial charge is 0.250 e. The number of fused-ring (bicyclic) bond motifs is 1. The number of nitrogens with one attached hydrogen (secondary N) is 1. The number of benzene rings is 1. The molecule has 5 heteroatoms. The van der Waals surface area contributed by atoms with Crippen molar-refractivity contribution >= 4 is 17.1 Å². The number of carbonyl (C=O) groups is 1. The third kappa shape index (κ3) is 2.78. The predicted molar refractivity (Wildman–Crippen MR) is 81.1 cm³/mol. The largest absolute Gasteiger partial charge is 0.375 e. The summed E-state index contributed by atoms with van der Waals surface area (Å²) in [5, 5.41) is 7.13. The molecule has 1 aromatic carbocycles. The van der Waals surface area contributed by atoms with Gasteiger partial charge in [0.15, 0.2) is 0 Å². The maximum absolute atomic E-state index is 11.6. The predicted octanol–water partition coefficient (Wildman–Crippen LogP) is 2.59. The van der Waals surface area contributed by atoms with Crippen LogP contribution in [0.2, 0.25) is 0 Å². The van der Waals surface area contributed by atoms with Crippen molar-refractivity contribution in [2.24, 2.45) is 0 Å². The fourth-order valence-electron chi connectivity index (χ4n) is 2.25. The average molecular weight is 281 g/mol. The second-order valence-electron chi connectivity index (χ2n) is 4.64. The van der Waals surface area contributed by atoms with Gasteiger partial charge in [0, 0.05) is 18.4 Å². The Labute approximate surface area is 122 Å². The summed E-state index contributed by atoms with van der Waals surface area (Å²) in [6.07, 6.45) is 1.77. The third-order valence-electron chi connectivity index (χ3n) is 3.14. The average Bonchev–Trinajstić information content (AvgIpc) is 2.96. The molecular formula is C16H15N3O2. The van der Waals surface area contributed by atoms with Crippen molar-refractivity contribution in [3.05, 3.63) is 54.7 Å². The van der Waals surface area contributed by atoms with Crippen LogP contribution in [0.25, 0.3) is 16.8 Å². The molecule has 0 saturated carbocycles. The Balaban J connectivity index is 1.96. The van der Waals surface area contributed by atoms with Crippen molar-refractivity contribution in [3.63, 3.8) is 0 Å². The summed E-state index contributed by atoms with van der Waals surface area (Å²) in [6, 6.07) is 15.6. The van der Waals surface area contributed by atoms with E-state index in [1.165, 1.54) is 7.11 Å². The van der Waals surface area contributed by atoms with E-state index in [9.17, 15) is 4.79 Å². The molecule has 5 nitrogen and oxygen atoms in total. The van der Waals surface area contributed by atoms with Crippen LogP contribution in [0.3, 0.4) is 0 Å². The summed E-state index contributed by atoms with van der Waals surface area (Å²) in [4.78, 5) is 11.6. The molecule has 0 saturated heterocycles. The van der Waals surface area contributed by atoms with Crippen LogP contribution in [-0.4, -0.2) is 29.2 Å². The van der Waals surface area contributed by atoms with E-state index in [-0.39, 0.29) is 12.5 Å². The summed E-state index contributed by atoms with van der Waals surface area (Å²) in [6.45, 7) is 0.0406. The molecule has 0 unspecified atom stereocenters. The van der Waals surface area contributed by atoms with E-state index in [2.05, 4.69) is 10.4 Å². The van der Waals surface area contributed by atoms with E-state index in [0.717, 1.165) is 22.5 Å². The molecule has 0 aliphatic heterocycles. The first-order valence-corrected chi connectivity index (χ1v) is 6.60. The van der Waals surface area contributed by atoms with Crippen molar-refractivity contribution in [2.75, 3.05) is 19.0 Å². The van der Waals surface area contributed by atoms with E-state index >= 15 is 0 Å². The minimum atomic E-state index is -0.174. The maximum atomic E-state index is 11.6. The standard InChI is InChI=1S/C16H15N3O2/c1-21-11-16(20)18-13-5-2-4-12(10-13)15-7-3-6-14-8-9-17-19(14)15/h2-10H,11H2,1H3,(H,18,20). The van der Waals surface area contributed by atoms with E-state index in [4.69, 9.17) is 4.74 Å². The van der Waals surface area contributed by atoms with Crippen LogP contribution in [0.4, 0.5) is 5.69 Å². The summed E-state index contributed by atoms with van der Waals surface area (Å²) in [7, 11) is 1.49. The van der Waals surface area contributed by atoms with Crippen LogP contribution in [0.1, 0.15) is 0 Å². The van der Waals surface area contributed by atoms with Crippen molar-refractivity contribution in [2.45, 2.75) is 0 Å². The SMILES string of the molecule is COCC(=O)Nc1cccc(-c2cccc3ccnn23)c1. The third-order valence-corrected chi connectivity index (χ3v) is 3.14. The quantitative estimate of drug-likeness (QED) is 0.799. The zero-order valence-electron chi connectivity index (χ0n) is 11.6. The van der Waals surface area contributed by atoms with Crippen molar-refractivity contribution < 1.29 is 9.53 Å². The number of pyridine rings is 1. The molecule has 0 fully saturated rings. The highest BCUT2D eigenvalue weighted by atomic mass is 16.5. The van der Waals surface area contributed by atoms with Gasteiger partial charge in [-0.05, 0) is 30.3 Å². The second-order valence-corrected chi connectivity index (χ2v) is 4.64. The van der Waals surface area contributed by atoms with Crippen molar-refractivity contribution in [1.82, 2.24) is 9.61 Å². The minimum absolute atomic E-state index is 0.0406. The van der Waals surface area contributed by atoms with Gasteiger partial charge < -0.3 is 10.1 Å². The number of carbonyl (C=O) groups excluding carboxylic acids is 1. The monoisotopic (exact) mass is 281 g/mol. The normalized spacial score (nSPS) is 10.7. The van der Waals surface area contributed by atoms with Gasteiger partial charge in [0.2, 0.25) is 5.91 Å². The Hall–Kier alpha value is -2.66. The molecule has 106 valence electrons. The van der Waals surface area contributed by atoms with Gasteiger partial charge in [-0.25, -0.2) is 4.52 Å². The highest BCUT2D eigenvalue weighted by Gasteiger charge is 2.06. The Morgan fingerprint density at radius 2 is 2.10 bits per heavy atom. The summed E-state index contributed by atoms with van der Waals surface area (Å²) >= 11 is 0. The topological polar surface area (TPSA) is 55.6 Å². The molecule has 21 heavy (non-hydrogen) atoms. The lowest BCUT2D eigenvalue weighted by molar-refractivity contribution is -0.119. The lowest BCUT2D eigenvalue weighted by Crippen LogP contribution is -2.17. The number of hydrogen-bond acceptors (Lipinski definition) is 3. The molecule has 0 aliphatic rings. The van der Waals surface area contributed by atoms with Gasteiger partial charge in [-0.3, -0.25) is 4.79 Å². The molecule has 0 aliphatic carbocycles. The number of ether oxygens (including phenoxy) is 1. The first kappa shape index (κ1) is 13.3. The number of rotatable bonds is 4. The van der Waals surface area contributed by atoms with Crippen molar-refractivity contribution in [1.29, 1.82) is 0 Å². The highest BCUT2D eigenvalue weighted by Crippen LogP contribution is 2.23. The van der Waals surface area contributed by atoms with Crippen LogP contribution < -0.4 is 5.32 Å². The van der Waals surface area contributed by atoms with Gasteiger partial charge in [0.05, 0.1) is 17.4 Å². The van der Waals surface area contributed by atoms with Gasteiger partial charge in [-0.1, -0.05) is 18.2 Å². The van der Waals surface area contributed by atoms with Gasteiger partial charge in [-0.2, -0.15) is 5.10 Å². The van der Waals surface area contributed by atoms with E-state index in [1.807, 2.05) is 53.0 Å². The molecule has 1 amide bonds. The minimum Gasteiger partial charge on any atom is -0.375 e. The van der Waals surface area contributed by atoms with Crippen LogP contribution in [-0.2, 0) is 9.53 Å². The molecule has 3 aromatic rings. The molecule has 0 bridgehead atoms. The number of anilines is 1. The lowest BCUT2D eigenvalue weighted by Gasteiger charge is -2.08. The van der Waals surface area contributed by atoms with Crippen LogP contribution in [0.5, 0.6) is 0 Å². The van der Waals surface area contributed by atoms with Crippen LogP contribution >= 0.6 is 0 Å². The second kappa shape index (κ2) is 5.76. The lowest BCUT2D eigenvalue weighted by atomic mass is 10.1. The molecule has 2 heterocycles.